The predicted octanol–water partition coefficient (Wildman–Crippen LogP) is 3.61. The average molecular weight is 287 g/mol. The second kappa shape index (κ2) is 4.32. The van der Waals surface area contributed by atoms with Crippen LogP contribution in [-0.4, -0.2) is 18.1 Å². The van der Waals surface area contributed by atoms with E-state index in [1.54, 1.807) is 6.20 Å². The lowest BCUT2D eigenvalue weighted by molar-refractivity contribution is 0.278. The predicted molar refractivity (Wildman–Crippen MR) is 67.1 cm³/mol. The Morgan fingerprint density at radius 2 is 2.00 bits per heavy atom. The van der Waals surface area contributed by atoms with E-state index in [9.17, 15) is 4.39 Å². The van der Waals surface area contributed by atoms with Gasteiger partial charge in [-0.1, -0.05) is 13.8 Å². The molecule has 1 aliphatic heterocycles. The number of rotatable bonds is 1. The van der Waals surface area contributed by atoms with Crippen LogP contribution >= 0.6 is 15.9 Å². The van der Waals surface area contributed by atoms with E-state index in [1.165, 1.54) is 6.07 Å². The minimum atomic E-state index is -0.242. The van der Waals surface area contributed by atoms with Gasteiger partial charge < -0.3 is 4.90 Å². The van der Waals surface area contributed by atoms with Crippen molar-refractivity contribution in [2.45, 2.75) is 26.7 Å². The van der Waals surface area contributed by atoms with Crippen LogP contribution in [0.3, 0.4) is 0 Å². The molecule has 2 heterocycles. The van der Waals surface area contributed by atoms with Crippen LogP contribution in [0.4, 0.5) is 10.2 Å². The number of aromatic nitrogens is 1. The Bertz CT molecular complexity index is 383. The number of hydrogen-bond donors (Lipinski definition) is 0. The summed E-state index contributed by atoms with van der Waals surface area (Å²) in [5.41, 5.74) is 0.377. The lowest BCUT2D eigenvalue weighted by atomic mass is 9.83. The SMILES string of the molecule is CC1(C)CCN(c2ncc(Br)cc2F)CC1. The molecule has 0 saturated carbocycles. The summed E-state index contributed by atoms with van der Waals surface area (Å²) in [4.78, 5) is 6.19. The molecular formula is C12H16BrFN2. The van der Waals surface area contributed by atoms with Crippen LogP contribution in [0.15, 0.2) is 16.7 Å². The van der Waals surface area contributed by atoms with Gasteiger partial charge in [-0.2, -0.15) is 0 Å². The summed E-state index contributed by atoms with van der Waals surface area (Å²) in [6.07, 6.45) is 3.83. The van der Waals surface area contributed by atoms with Crippen LogP contribution in [-0.2, 0) is 0 Å². The van der Waals surface area contributed by atoms with E-state index in [0.29, 0.717) is 15.7 Å². The highest BCUT2D eigenvalue weighted by molar-refractivity contribution is 9.10. The monoisotopic (exact) mass is 286 g/mol. The van der Waals surface area contributed by atoms with E-state index in [2.05, 4.69) is 34.8 Å². The highest BCUT2D eigenvalue weighted by Crippen LogP contribution is 2.32. The standard InChI is InChI=1S/C12H16BrFN2/c1-12(2)3-5-16(6-4-12)11-10(14)7-9(13)8-15-11/h7-8H,3-6H2,1-2H3. The number of pyridine rings is 1. The van der Waals surface area contributed by atoms with Crippen molar-refractivity contribution in [2.75, 3.05) is 18.0 Å². The molecule has 1 saturated heterocycles. The zero-order valence-electron chi connectivity index (χ0n) is 9.63. The smallest absolute Gasteiger partial charge is 0.166 e. The Labute approximate surface area is 104 Å². The Morgan fingerprint density at radius 3 is 2.56 bits per heavy atom. The maximum Gasteiger partial charge on any atom is 0.166 e. The van der Waals surface area contributed by atoms with Crippen molar-refractivity contribution >= 4 is 21.7 Å². The van der Waals surface area contributed by atoms with Crippen molar-refractivity contribution in [3.63, 3.8) is 0 Å². The van der Waals surface area contributed by atoms with Crippen molar-refractivity contribution in [2.24, 2.45) is 5.41 Å². The van der Waals surface area contributed by atoms with E-state index < -0.39 is 0 Å². The molecule has 1 aromatic heterocycles. The molecule has 0 radical (unpaired) electrons. The minimum absolute atomic E-state index is 0.242. The first-order chi connectivity index (χ1) is 7.48. The average Bonchev–Trinajstić information content (AvgIpc) is 2.19. The van der Waals surface area contributed by atoms with Crippen molar-refractivity contribution in [3.05, 3.63) is 22.6 Å². The number of anilines is 1. The zero-order chi connectivity index (χ0) is 11.8. The summed E-state index contributed by atoms with van der Waals surface area (Å²) in [7, 11) is 0. The van der Waals surface area contributed by atoms with Crippen molar-refractivity contribution < 1.29 is 4.39 Å². The molecule has 0 unspecified atom stereocenters. The molecule has 0 atom stereocenters. The van der Waals surface area contributed by atoms with E-state index >= 15 is 0 Å². The number of piperidine rings is 1. The lowest BCUT2D eigenvalue weighted by Crippen LogP contribution is -2.38. The summed E-state index contributed by atoms with van der Waals surface area (Å²) in [6, 6.07) is 1.47. The van der Waals surface area contributed by atoms with Crippen molar-refractivity contribution in [3.8, 4) is 0 Å². The number of hydrogen-bond acceptors (Lipinski definition) is 2. The molecule has 4 heteroatoms. The summed E-state index contributed by atoms with van der Waals surface area (Å²) >= 11 is 3.22. The van der Waals surface area contributed by atoms with Gasteiger partial charge in [-0.3, -0.25) is 0 Å². The molecule has 2 nitrogen and oxygen atoms in total. The minimum Gasteiger partial charge on any atom is -0.354 e. The largest absolute Gasteiger partial charge is 0.354 e. The Kier molecular flexibility index (Phi) is 3.19. The molecule has 0 N–H and O–H groups in total. The van der Waals surface area contributed by atoms with Crippen LogP contribution in [0.1, 0.15) is 26.7 Å². The Hall–Kier alpha value is -0.640. The second-order valence-electron chi connectivity index (χ2n) is 5.11. The van der Waals surface area contributed by atoms with Crippen LogP contribution < -0.4 is 4.90 Å². The first-order valence-electron chi connectivity index (χ1n) is 5.54. The molecule has 0 spiro atoms. The van der Waals surface area contributed by atoms with E-state index in [4.69, 9.17) is 0 Å². The first-order valence-corrected chi connectivity index (χ1v) is 6.33. The third-order valence-electron chi connectivity index (χ3n) is 3.20. The van der Waals surface area contributed by atoms with E-state index in [-0.39, 0.29) is 5.82 Å². The summed E-state index contributed by atoms with van der Waals surface area (Å²) in [6.45, 7) is 6.29. The van der Waals surface area contributed by atoms with Crippen molar-refractivity contribution in [1.29, 1.82) is 0 Å². The summed E-state index contributed by atoms with van der Waals surface area (Å²) < 4.78 is 14.4. The molecule has 0 bridgehead atoms. The van der Waals surface area contributed by atoms with Gasteiger partial charge in [0.1, 0.15) is 0 Å². The fourth-order valence-corrected chi connectivity index (χ4v) is 2.27. The highest BCUT2D eigenvalue weighted by atomic mass is 79.9. The van der Waals surface area contributed by atoms with Gasteiger partial charge in [-0.25, -0.2) is 9.37 Å². The lowest BCUT2D eigenvalue weighted by Gasteiger charge is -2.37. The third-order valence-corrected chi connectivity index (χ3v) is 3.64. The van der Waals surface area contributed by atoms with Gasteiger partial charge >= 0.3 is 0 Å². The van der Waals surface area contributed by atoms with Crippen LogP contribution in [0, 0.1) is 11.2 Å². The van der Waals surface area contributed by atoms with Crippen LogP contribution in [0.2, 0.25) is 0 Å². The van der Waals surface area contributed by atoms with Crippen LogP contribution in [0.5, 0.6) is 0 Å². The highest BCUT2D eigenvalue weighted by Gasteiger charge is 2.27. The van der Waals surface area contributed by atoms with Crippen LogP contribution in [0.25, 0.3) is 0 Å². The van der Waals surface area contributed by atoms with Gasteiger partial charge in [0.25, 0.3) is 0 Å². The molecule has 0 aliphatic carbocycles. The number of nitrogens with zero attached hydrogens (tertiary/aromatic N) is 2. The normalized spacial score (nSPS) is 19.9. The molecule has 88 valence electrons. The first kappa shape index (κ1) is 11.8. The van der Waals surface area contributed by atoms with E-state index in [1.807, 2.05) is 4.90 Å². The topological polar surface area (TPSA) is 16.1 Å². The third kappa shape index (κ3) is 2.54. The number of halogens is 2. The van der Waals surface area contributed by atoms with Gasteiger partial charge in [0, 0.05) is 23.8 Å². The van der Waals surface area contributed by atoms with Gasteiger partial charge in [0.15, 0.2) is 11.6 Å². The molecular weight excluding hydrogens is 271 g/mol. The van der Waals surface area contributed by atoms with Gasteiger partial charge in [0.2, 0.25) is 0 Å². The fourth-order valence-electron chi connectivity index (χ4n) is 1.96. The zero-order valence-corrected chi connectivity index (χ0v) is 11.2. The molecule has 0 aromatic carbocycles. The fraction of sp³-hybridized carbons (Fsp3) is 0.583. The van der Waals surface area contributed by atoms with E-state index in [0.717, 1.165) is 25.9 Å². The molecule has 2 rings (SSSR count). The second-order valence-corrected chi connectivity index (χ2v) is 6.03. The summed E-state index contributed by atoms with van der Waals surface area (Å²) in [5.74, 6) is 0.243. The van der Waals surface area contributed by atoms with Gasteiger partial charge in [-0.15, -0.1) is 0 Å². The van der Waals surface area contributed by atoms with Gasteiger partial charge in [-0.05, 0) is 40.3 Å². The quantitative estimate of drug-likeness (QED) is 0.784. The Morgan fingerprint density at radius 1 is 1.38 bits per heavy atom. The molecule has 1 aromatic rings. The maximum absolute atomic E-state index is 13.7. The summed E-state index contributed by atoms with van der Waals surface area (Å²) in [5, 5.41) is 0. The van der Waals surface area contributed by atoms with Crippen molar-refractivity contribution in [1.82, 2.24) is 4.98 Å². The molecule has 1 aliphatic rings. The Balaban J connectivity index is 2.14. The van der Waals surface area contributed by atoms with Gasteiger partial charge in [0.05, 0.1) is 0 Å². The molecule has 1 fully saturated rings. The molecule has 0 amide bonds. The molecule has 16 heavy (non-hydrogen) atoms. The maximum atomic E-state index is 13.7.